The molecule has 0 aromatic carbocycles. The second-order valence-corrected chi connectivity index (χ2v) is 4.67. The van der Waals surface area contributed by atoms with Crippen molar-refractivity contribution in [3.05, 3.63) is 21.0 Å². The van der Waals surface area contributed by atoms with Crippen LogP contribution in [-0.4, -0.2) is 25.8 Å². The van der Waals surface area contributed by atoms with Crippen LogP contribution in [0.3, 0.4) is 0 Å². The highest BCUT2D eigenvalue weighted by Crippen LogP contribution is 2.40. The Bertz CT molecular complexity index is 494. The van der Waals surface area contributed by atoms with Gasteiger partial charge in [0.25, 0.3) is 0 Å². The summed E-state index contributed by atoms with van der Waals surface area (Å²) < 4.78 is 0.982. The number of nitro groups is 1. The summed E-state index contributed by atoms with van der Waals surface area (Å²) in [5.74, 6) is -1.12. The van der Waals surface area contributed by atoms with Crippen LogP contribution in [0.15, 0.2) is 0 Å². The molecule has 0 unspecified atom stereocenters. The zero-order valence-corrected chi connectivity index (χ0v) is 10.3. The van der Waals surface area contributed by atoms with Gasteiger partial charge in [-0.15, -0.1) is 0 Å². The van der Waals surface area contributed by atoms with Crippen LogP contribution in [0, 0.1) is 10.1 Å². The van der Waals surface area contributed by atoms with Gasteiger partial charge in [0.15, 0.2) is 0 Å². The summed E-state index contributed by atoms with van der Waals surface area (Å²) >= 11 is 5.84. The van der Waals surface area contributed by atoms with Crippen LogP contribution in [0.25, 0.3) is 0 Å². The Morgan fingerprint density at radius 2 is 2.17 bits per heavy atom. The van der Waals surface area contributed by atoms with Gasteiger partial charge in [0.05, 0.1) is 4.92 Å². The second kappa shape index (κ2) is 4.93. The Labute approximate surface area is 107 Å². The molecule has 1 aliphatic carbocycles. The predicted molar refractivity (Wildman–Crippen MR) is 62.7 cm³/mol. The molecule has 0 atom stereocenters. The standard InChI is InChI=1S/C10H12ClN3O4/c11-10-9(14(17)18)8(6-3-1-2-4-6)12-13(10)5-7(15)16/h6H,1-5H2,(H,15,16). The average molecular weight is 274 g/mol. The first-order valence-corrected chi connectivity index (χ1v) is 6.01. The van der Waals surface area contributed by atoms with Gasteiger partial charge < -0.3 is 5.11 Å². The van der Waals surface area contributed by atoms with E-state index >= 15 is 0 Å². The molecule has 1 N–H and O–H groups in total. The number of hydrogen-bond acceptors (Lipinski definition) is 4. The van der Waals surface area contributed by atoms with E-state index in [1.165, 1.54) is 0 Å². The number of aliphatic carboxylic acids is 1. The molecule has 98 valence electrons. The van der Waals surface area contributed by atoms with Crippen LogP contribution < -0.4 is 0 Å². The molecule has 1 heterocycles. The largest absolute Gasteiger partial charge is 0.480 e. The lowest BCUT2D eigenvalue weighted by Crippen LogP contribution is -2.10. The molecule has 7 nitrogen and oxygen atoms in total. The van der Waals surface area contributed by atoms with Gasteiger partial charge >= 0.3 is 11.7 Å². The Balaban J connectivity index is 2.43. The van der Waals surface area contributed by atoms with Crippen molar-refractivity contribution < 1.29 is 14.8 Å². The van der Waals surface area contributed by atoms with Crippen molar-refractivity contribution in [1.82, 2.24) is 9.78 Å². The Kier molecular flexibility index (Phi) is 3.51. The van der Waals surface area contributed by atoms with E-state index in [0.29, 0.717) is 5.69 Å². The van der Waals surface area contributed by atoms with Crippen molar-refractivity contribution in [3.63, 3.8) is 0 Å². The molecule has 1 fully saturated rings. The predicted octanol–water partition coefficient (Wildman–Crippen LogP) is 2.19. The van der Waals surface area contributed by atoms with Crippen molar-refractivity contribution in [2.45, 2.75) is 38.1 Å². The number of nitrogens with zero attached hydrogens (tertiary/aromatic N) is 3. The number of hydrogen-bond donors (Lipinski definition) is 1. The topological polar surface area (TPSA) is 98.3 Å². The number of carbonyl (C=O) groups is 1. The molecule has 2 rings (SSSR count). The van der Waals surface area contributed by atoms with Crippen molar-refractivity contribution >= 4 is 23.3 Å². The van der Waals surface area contributed by atoms with Crippen LogP contribution in [0.5, 0.6) is 0 Å². The smallest absolute Gasteiger partial charge is 0.329 e. The molecule has 18 heavy (non-hydrogen) atoms. The third-order valence-corrected chi connectivity index (χ3v) is 3.48. The highest BCUT2D eigenvalue weighted by Gasteiger charge is 2.33. The van der Waals surface area contributed by atoms with Crippen molar-refractivity contribution in [3.8, 4) is 0 Å². The molecule has 0 aliphatic heterocycles. The van der Waals surface area contributed by atoms with Crippen LogP contribution >= 0.6 is 11.6 Å². The third-order valence-electron chi connectivity index (χ3n) is 3.10. The first-order valence-electron chi connectivity index (χ1n) is 5.63. The van der Waals surface area contributed by atoms with E-state index in [-0.39, 0.29) is 16.8 Å². The van der Waals surface area contributed by atoms with Crippen molar-refractivity contribution in [2.24, 2.45) is 0 Å². The molecule has 0 spiro atoms. The summed E-state index contributed by atoms with van der Waals surface area (Å²) in [4.78, 5) is 21.1. The quantitative estimate of drug-likeness (QED) is 0.670. The van der Waals surface area contributed by atoms with Crippen LogP contribution in [-0.2, 0) is 11.3 Å². The monoisotopic (exact) mass is 273 g/mol. The van der Waals surface area contributed by atoms with Crippen LogP contribution in [0.4, 0.5) is 5.69 Å². The number of rotatable bonds is 4. The van der Waals surface area contributed by atoms with Crippen molar-refractivity contribution in [1.29, 1.82) is 0 Å². The minimum absolute atomic E-state index is 0.0120. The molecule has 0 amide bonds. The van der Waals surface area contributed by atoms with Crippen LogP contribution in [0.2, 0.25) is 5.15 Å². The molecule has 0 saturated heterocycles. The van der Waals surface area contributed by atoms with Gasteiger partial charge in [0.2, 0.25) is 5.15 Å². The van der Waals surface area contributed by atoms with E-state index in [4.69, 9.17) is 16.7 Å². The maximum absolute atomic E-state index is 11.0. The average Bonchev–Trinajstić information content (AvgIpc) is 2.86. The zero-order chi connectivity index (χ0) is 13.3. The van der Waals surface area contributed by atoms with E-state index in [9.17, 15) is 14.9 Å². The number of carboxylic acid groups (broad SMARTS) is 1. The molecular weight excluding hydrogens is 262 g/mol. The first-order chi connectivity index (χ1) is 8.50. The lowest BCUT2D eigenvalue weighted by Gasteiger charge is -2.03. The maximum atomic E-state index is 11.0. The third kappa shape index (κ3) is 2.31. The summed E-state index contributed by atoms with van der Waals surface area (Å²) in [5.41, 5.74) is 0.0774. The Morgan fingerprint density at radius 1 is 1.56 bits per heavy atom. The Morgan fingerprint density at radius 3 is 2.67 bits per heavy atom. The van der Waals surface area contributed by atoms with Gasteiger partial charge in [-0.1, -0.05) is 24.4 Å². The fourth-order valence-corrected chi connectivity index (χ4v) is 2.59. The molecule has 0 radical (unpaired) electrons. The maximum Gasteiger partial charge on any atom is 0.329 e. The fraction of sp³-hybridized carbons (Fsp3) is 0.600. The second-order valence-electron chi connectivity index (χ2n) is 4.31. The van der Waals surface area contributed by atoms with Crippen molar-refractivity contribution in [2.75, 3.05) is 0 Å². The molecular formula is C10H12ClN3O4. The van der Waals surface area contributed by atoms with Gasteiger partial charge in [-0.05, 0) is 12.8 Å². The van der Waals surface area contributed by atoms with Gasteiger partial charge in [0, 0.05) is 5.92 Å². The normalized spacial score (nSPS) is 16.1. The van der Waals surface area contributed by atoms with Gasteiger partial charge in [-0.3, -0.25) is 14.9 Å². The molecule has 1 aromatic heterocycles. The highest BCUT2D eigenvalue weighted by atomic mass is 35.5. The summed E-state index contributed by atoms with van der Waals surface area (Å²) in [7, 11) is 0. The summed E-state index contributed by atoms with van der Waals surface area (Å²) in [6.45, 7) is -0.466. The molecule has 1 aromatic rings. The number of carboxylic acids is 1. The van der Waals surface area contributed by atoms with Gasteiger partial charge in [0.1, 0.15) is 12.2 Å². The summed E-state index contributed by atoms with van der Waals surface area (Å²) in [5, 5.41) is 23.5. The zero-order valence-electron chi connectivity index (χ0n) is 9.50. The van der Waals surface area contributed by atoms with Gasteiger partial charge in [-0.2, -0.15) is 5.10 Å². The molecule has 8 heteroatoms. The lowest BCUT2D eigenvalue weighted by molar-refractivity contribution is -0.385. The molecule has 1 aliphatic rings. The summed E-state index contributed by atoms with van der Waals surface area (Å²) in [6.07, 6.45) is 3.68. The van der Waals surface area contributed by atoms with E-state index in [2.05, 4.69) is 5.10 Å². The SMILES string of the molecule is O=C(O)Cn1nc(C2CCCC2)c([N+](=O)[O-])c1Cl. The highest BCUT2D eigenvalue weighted by molar-refractivity contribution is 6.31. The van der Waals surface area contributed by atoms with E-state index in [0.717, 1.165) is 30.4 Å². The Hall–Kier alpha value is -1.63. The van der Waals surface area contributed by atoms with Gasteiger partial charge in [-0.25, -0.2) is 4.68 Å². The fourth-order valence-electron chi connectivity index (χ4n) is 2.33. The first kappa shape index (κ1) is 12.8. The molecule has 1 saturated carbocycles. The van der Waals surface area contributed by atoms with E-state index < -0.39 is 17.4 Å². The minimum Gasteiger partial charge on any atom is -0.480 e. The van der Waals surface area contributed by atoms with E-state index in [1.54, 1.807) is 0 Å². The van der Waals surface area contributed by atoms with E-state index in [1.807, 2.05) is 0 Å². The number of aromatic nitrogens is 2. The minimum atomic E-state index is -1.13. The summed E-state index contributed by atoms with van der Waals surface area (Å²) in [6, 6.07) is 0. The molecule has 0 bridgehead atoms. The van der Waals surface area contributed by atoms with Crippen LogP contribution in [0.1, 0.15) is 37.3 Å². The lowest BCUT2D eigenvalue weighted by atomic mass is 10.0. The number of halogens is 1.